The molecule has 8 heteroatoms. The molecule has 2 heterocycles. The predicted octanol–water partition coefficient (Wildman–Crippen LogP) is 1.94. The third kappa shape index (κ3) is 3.23. The van der Waals surface area contributed by atoms with Gasteiger partial charge in [-0.05, 0) is 19.1 Å². The highest BCUT2D eigenvalue weighted by molar-refractivity contribution is 8.00. The summed E-state index contributed by atoms with van der Waals surface area (Å²) >= 11 is 1.26. The minimum absolute atomic E-state index is 0.336. The number of thioether (sulfide) groups is 1. The van der Waals surface area contributed by atoms with E-state index in [1.807, 2.05) is 28.8 Å². The number of primary amides is 1. The molecule has 0 spiro atoms. The Morgan fingerprint density at radius 2 is 2.25 bits per heavy atom. The molecule has 1 aliphatic rings. The van der Waals surface area contributed by atoms with Gasteiger partial charge in [0.1, 0.15) is 6.61 Å². The Balaban J connectivity index is 1.87. The summed E-state index contributed by atoms with van der Waals surface area (Å²) in [6.07, 6.45) is 1.36. The lowest BCUT2D eigenvalue weighted by Gasteiger charge is -2.26. The van der Waals surface area contributed by atoms with Crippen molar-refractivity contribution in [2.24, 2.45) is 5.73 Å². The first kappa shape index (κ1) is 16.4. The molecule has 1 aromatic heterocycles. The van der Waals surface area contributed by atoms with Gasteiger partial charge in [-0.3, -0.25) is 9.36 Å². The van der Waals surface area contributed by atoms with E-state index in [9.17, 15) is 4.79 Å². The van der Waals surface area contributed by atoms with Crippen molar-refractivity contribution in [2.75, 3.05) is 6.61 Å². The minimum Gasteiger partial charge on any atom is -0.485 e. The summed E-state index contributed by atoms with van der Waals surface area (Å²) < 4.78 is 13.6. The van der Waals surface area contributed by atoms with Crippen molar-refractivity contribution in [1.29, 1.82) is 0 Å². The summed E-state index contributed by atoms with van der Waals surface area (Å²) in [5.41, 5.74) is 5.33. The normalized spacial score (nSPS) is 17.3. The van der Waals surface area contributed by atoms with Gasteiger partial charge in [-0.25, -0.2) is 0 Å². The zero-order valence-corrected chi connectivity index (χ0v) is 14.0. The molecular formula is C16H18N4O3S. The first-order chi connectivity index (χ1) is 11.6. The van der Waals surface area contributed by atoms with Crippen LogP contribution in [0.3, 0.4) is 0 Å². The van der Waals surface area contributed by atoms with Crippen molar-refractivity contribution >= 4 is 17.7 Å². The summed E-state index contributed by atoms with van der Waals surface area (Å²) in [7, 11) is 0. The molecule has 3 rings (SSSR count). The molecule has 2 N–H and O–H groups in total. The molecule has 2 atom stereocenters. The highest BCUT2D eigenvalue weighted by Crippen LogP contribution is 2.36. The summed E-state index contributed by atoms with van der Waals surface area (Å²) in [6.45, 7) is 6.33. The van der Waals surface area contributed by atoms with Crippen LogP contribution in [0.1, 0.15) is 18.9 Å². The van der Waals surface area contributed by atoms with Crippen LogP contribution in [0, 0.1) is 0 Å². The molecule has 0 saturated carbocycles. The van der Waals surface area contributed by atoms with E-state index in [0.29, 0.717) is 35.6 Å². The van der Waals surface area contributed by atoms with Crippen molar-refractivity contribution in [1.82, 2.24) is 14.8 Å². The number of fused-ring (bicyclic) bond motifs is 1. The van der Waals surface area contributed by atoms with Gasteiger partial charge in [-0.15, -0.1) is 16.8 Å². The molecule has 2 aromatic rings. The maximum atomic E-state index is 11.3. The molecule has 0 saturated heterocycles. The predicted molar refractivity (Wildman–Crippen MR) is 90.0 cm³/mol. The highest BCUT2D eigenvalue weighted by atomic mass is 32.2. The van der Waals surface area contributed by atoms with Crippen LogP contribution >= 0.6 is 11.8 Å². The smallest absolute Gasteiger partial charge is 0.230 e. The lowest BCUT2D eigenvalue weighted by molar-refractivity contribution is -0.117. The van der Waals surface area contributed by atoms with Crippen LogP contribution in [0.5, 0.6) is 11.5 Å². The zero-order valence-electron chi connectivity index (χ0n) is 13.2. The standard InChI is InChI=1S/C16H18N4O3S/c1-3-8-20-15(18-19-16(20)24-10(2)14(17)21)13-9-22-11-6-4-5-7-12(11)23-13/h3-7,10,13H,1,8-9H2,2H3,(H2,17,21)/t10-,13+/m1/s1. The second-order valence-electron chi connectivity index (χ2n) is 5.27. The largest absolute Gasteiger partial charge is 0.485 e. The van der Waals surface area contributed by atoms with Gasteiger partial charge in [0.05, 0.1) is 5.25 Å². The molecule has 0 aliphatic carbocycles. The molecule has 1 aromatic carbocycles. The van der Waals surface area contributed by atoms with Crippen molar-refractivity contribution in [2.45, 2.75) is 30.0 Å². The van der Waals surface area contributed by atoms with Crippen molar-refractivity contribution in [3.05, 3.63) is 42.7 Å². The van der Waals surface area contributed by atoms with E-state index in [0.717, 1.165) is 0 Å². The van der Waals surface area contributed by atoms with Gasteiger partial charge in [-0.1, -0.05) is 30.0 Å². The fourth-order valence-electron chi connectivity index (χ4n) is 2.29. The summed E-state index contributed by atoms with van der Waals surface area (Å²) in [4.78, 5) is 11.3. The van der Waals surface area contributed by atoms with E-state index >= 15 is 0 Å². The highest BCUT2D eigenvalue weighted by Gasteiger charge is 2.29. The average molecular weight is 346 g/mol. The van der Waals surface area contributed by atoms with E-state index in [1.54, 1.807) is 13.0 Å². The maximum Gasteiger partial charge on any atom is 0.230 e. The number of carbonyl (C=O) groups excluding carboxylic acids is 1. The first-order valence-corrected chi connectivity index (χ1v) is 8.36. The minimum atomic E-state index is -0.408. The summed E-state index contributed by atoms with van der Waals surface area (Å²) in [5, 5.41) is 8.59. The molecule has 7 nitrogen and oxygen atoms in total. The number of rotatable bonds is 6. The van der Waals surface area contributed by atoms with Gasteiger partial charge in [0, 0.05) is 6.54 Å². The van der Waals surface area contributed by atoms with E-state index < -0.39 is 11.2 Å². The number of amides is 1. The van der Waals surface area contributed by atoms with Crippen molar-refractivity contribution < 1.29 is 14.3 Å². The van der Waals surface area contributed by atoms with Crippen LogP contribution in [-0.4, -0.2) is 32.5 Å². The third-order valence-corrected chi connectivity index (χ3v) is 4.64. The Kier molecular flexibility index (Phi) is 4.75. The van der Waals surface area contributed by atoms with Crippen LogP contribution in [0.25, 0.3) is 0 Å². The van der Waals surface area contributed by atoms with Crippen molar-refractivity contribution in [3.8, 4) is 11.5 Å². The number of nitrogens with two attached hydrogens (primary N) is 1. The summed E-state index contributed by atoms with van der Waals surface area (Å²) in [5.74, 6) is 1.60. The molecule has 1 aliphatic heterocycles. The van der Waals surface area contributed by atoms with E-state index in [-0.39, 0.29) is 6.10 Å². The number of nitrogens with zero attached hydrogens (tertiary/aromatic N) is 3. The van der Waals surface area contributed by atoms with Crippen LogP contribution in [0.2, 0.25) is 0 Å². The maximum absolute atomic E-state index is 11.3. The molecule has 0 bridgehead atoms. The Hall–Kier alpha value is -2.48. The van der Waals surface area contributed by atoms with E-state index in [4.69, 9.17) is 15.2 Å². The Labute approximate surface area is 143 Å². The van der Waals surface area contributed by atoms with Gasteiger partial charge in [0.2, 0.25) is 5.91 Å². The molecule has 0 unspecified atom stereocenters. The molecule has 0 fully saturated rings. The quantitative estimate of drug-likeness (QED) is 0.635. The third-order valence-electron chi connectivity index (χ3n) is 3.54. The van der Waals surface area contributed by atoms with Gasteiger partial charge in [-0.2, -0.15) is 0 Å². The number of benzene rings is 1. The number of hydrogen-bond donors (Lipinski definition) is 1. The van der Waals surface area contributed by atoms with Gasteiger partial charge < -0.3 is 15.2 Å². The van der Waals surface area contributed by atoms with Gasteiger partial charge in [0.15, 0.2) is 28.6 Å². The van der Waals surface area contributed by atoms with Crippen LogP contribution in [0.15, 0.2) is 42.1 Å². The van der Waals surface area contributed by atoms with Crippen molar-refractivity contribution in [3.63, 3.8) is 0 Å². The molecule has 24 heavy (non-hydrogen) atoms. The Bertz CT molecular complexity index is 762. The second kappa shape index (κ2) is 6.96. The Morgan fingerprint density at radius 1 is 1.50 bits per heavy atom. The monoisotopic (exact) mass is 346 g/mol. The zero-order chi connectivity index (χ0) is 17.1. The van der Waals surface area contributed by atoms with Gasteiger partial charge in [0.25, 0.3) is 0 Å². The average Bonchev–Trinajstić information content (AvgIpc) is 2.97. The van der Waals surface area contributed by atoms with E-state index in [1.165, 1.54) is 11.8 Å². The fourth-order valence-corrected chi connectivity index (χ4v) is 3.10. The van der Waals surface area contributed by atoms with Crippen LogP contribution < -0.4 is 15.2 Å². The molecular weight excluding hydrogens is 328 g/mol. The molecule has 126 valence electrons. The number of para-hydroxylation sites is 2. The first-order valence-electron chi connectivity index (χ1n) is 7.48. The number of hydrogen-bond acceptors (Lipinski definition) is 6. The number of carbonyl (C=O) groups is 1. The molecule has 0 radical (unpaired) electrons. The topological polar surface area (TPSA) is 92.3 Å². The lowest BCUT2D eigenvalue weighted by Crippen LogP contribution is -2.25. The van der Waals surface area contributed by atoms with Crippen LogP contribution in [-0.2, 0) is 11.3 Å². The Morgan fingerprint density at radius 3 is 2.96 bits per heavy atom. The van der Waals surface area contributed by atoms with Gasteiger partial charge >= 0.3 is 0 Å². The fraction of sp³-hybridized carbons (Fsp3) is 0.312. The van der Waals surface area contributed by atoms with E-state index in [2.05, 4.69) is 16.8 Å². The van der Waals surface area contributed by atoms with Crippen LogP contribution in [0.4, 0.5) is 0 Å². The SMILES string of the molecule is C=CCn1c(S[C@H](C)C(N)=O)nnc1[C@@H]1COc2ccccc2O1. The molecule has 1 amide bonds. The lowest BCUT2D eigenvalue weighted by atomic mass is 10.2. The second-order valence-corrected chi connectivity index (χ2v) is 6.57. The number of aromatic nitrogens is 3. The number of ether oxygens (including phenoxy) is 2. The summed E-state index contributed by atoms with van der Waals surface area (Å²) in [6, 6.07) is 7.48. The number of allylic oxidation sites excluding steroid dienone is 1.